The van der Waals surface area contributed by atoms with E-state index in [9.17, 15) is 10.1 Å². The Morgan fingerprint density at radius 2 is 2.23 bits per heavy atom. The van der Waals surface area contributed by atoms with Gasteiger partial charge in [0.1, 0.15) is 15.4 Å². The highest BCUT2D eigenvalue weighted by molar-refractivity contribution is 8.07. The number of nitro benzene ring substituents is 1. The Hall–Kier alpha value is -1.71. The second kappa shape index (κ2) is 4.90. The van der Waals surface area contributed by atoms with Gasteiger partial charge in [-0.3, -0.25) is 15.1 Å². The third kappa shape index (κ3) is 1.93. The summed E-state index contributed by atoms with van der Waals surface area (Å²) in [6, 6.07) is 4.90. The first-order valence-corrected chi connectivity index (χ1v) is 8.39. The molecule has 3 heterocycles. The SMILES string of the molecule is Cc1nnc2n1N1C(=CS[C@@H]1c1ccc(Cl)c([N+](=O)[O-])c1)S2. The van der Waals surface area contributed by atoms with E-state index in [0.717, 1.165) is 21.6 Å². The number of nitrogens with zero attached hydrogens (tertiary/aromatic N) is 5. The molecule has 0 amide bonds. The van der Waals surface area contributed by atoms with Crippen LogP contribution in [0.4, 0.5) is 5.69 Å². The van der Waals surface area contributed by atoms with Gasteiger partial charge in [-0.2, -0.15) is 0 Å². The van der Waals surface area contributed by atoms with Gasteiger partial charge in [-0.05, 0) is 30.3 Å². The van der Waals surface area contributed by atoms with E-state index < -0.39 is 4.92 Å². The Morgan fingerprint density at radius 3 is 3.00 bits per heavy atom. The molecular formula is C12H8ClN5O2S2. The number of hydrogen-bond acceptors (Lipinski definition) is 7. The lowest BCUT2D eigenvalue weighted by molar-refractivity contribution is -0.384. The molecule has 10 heteroatoms. The fraction of sp³-hybridized carbons (Fsp3) is 0.167. The molecule has 22 heavy (non-hydrogen) atoms. The molecule has 4 rings (SSSR count). The molecule has 0 unspecified atom stereocenters. The fourth-order valence-corrected chi connectivity index (χ4v) is 4.86. The van der Waals surface area contributed by atoms with Gasteiger partial charge in [-0.15, -0.1) is 10.2 Å². The van der Waals surface area contributed by atoms with Crippen LogP contribution in [0.25, 0.3) is 0 Å². The first-order chi connectivity index (χ1) is 10.6. The molecule has 0 N–H and O–H groups in total. The molecule has 0 spiro atoms. The van der Waals surface area contributed by atoms with Gasteiger partial charge in [0, 0.05) is 11.5 Å². The quantitative estimate of drug-likeness (QED) is 0.604. The number of rotatable bonds is 2. The van der Waals surface area contributed by atoms with Crippen molar-refractivity contribution in [3.05, 3.63) is 55.2 Å². The van der Waals surface area contributed by atoms with E-state index in [4.69, 9.17) is 11.6 Å². The average molecular weight is 354 g/mol. The van der Waals surface area contributed by atoms with E-state index >= 15 is 0 Å². The molecule has 0 bridgehead atoms. The van der Waals surface area contributed by atoms with E-state index in [1.54, 1.807) is 17.8 Å². The maximum Gasteiger partial charge on any atom is 0.288 e. The fourth-order valence-electron chi connectivity index (χ4n) is 2.41. The van der Waals surface area contributed by atoms with Gasteiger partial charge in [0.25, 0.3) is 5.69 Å². The van der Waals surface area contributed by atoms with Gasteiger partial charge < -0.3 is 0 Å². The van der Waals surface area contributed by atoms with Gasteiger partial charge in [0.2, 0.25) is 5.16 Å². The van der Waals surface area contributed by atoms with Crippen LogP contribution in [0, 0.1) is 17.0 Å². The summed E-state index contributed by atoms with van der Waals surface area (Å²) >= 11 is 9.02. The van der Waals surface area contributed by atoms with Crippen molar-refractivity contribution in [3.8, 4) is 0 Å². The van der Waals surface area contributed by atoms with E-state index in [-0.39, 0.29) is 16.1 Å². The highest BCUT2D eigenvalue weighted by Crippen LogP contribution is 2.51. The molecule has 0 saturated heterocycles. The summed E-state index contributed by atoms with van der Waals surface area (Å²) in [4.78, 5) is 10.6. The van der Waals surface area contributed by atoms with Gasteiger partial charge in [0.05, 0.1) is 4.92 Å². The predicted octanol–water partition coefficient (Wildman–Crippen LogP) is 3.44. The number of nitro groups is 1. The zero-order valence-electron chi connectivity index (χ0n) is 11.1. The lowest BCUT2D eigenvalue weighted by atomic mass is 10.2. The molecule has 2 aliphatic heterocycles. The molecule has 2 aromatic rings. The summed E-state index contributed by atoms with van der Waals surface area (Å²) in [5.41, 5.74) is 0.731. The van der Waals surface area contributed by atoms with Crippen molar-refractivity contribution in [3.63, 3.8) is 0 Å². The maximum atomic E-state index is 11.1. The highest BCUT2D eigenvalue weighted by atomic mass is 35.5. The van der Waals surface area contributed by atoms with Crippen molar-refractivity contribution in [1.82, 2.24) is 14.9 Å². The predicted molar refractivity (Wildman–Crippen MR) is 85.4 cm³/mol. The number of aromatic nitrogens is 3. The average Bonchev–Trinajstić information content (AvgIpc) is 3.12. The molecule has 1 atom stereocenters. The summed E-state index contributed by atoms with van der Waals surface area (Å²) in [5.74, 6) is 0.780. The van der Waals surface area contributed by atoms with Crippen LogP contribution in [-0.4, -0.2) is 19.8 Å². The molecule has 2 aliphatic rings. The molecule has 1 aromatic carbocycles. The Kier molecular flexibility index (Phi) is 3.10. The van der Waals surface area contributed by atoms with Gasteiger partial charge >= 0.3 is 0 Å². The summed E-state index contributed by atoms with van der Waals surface area (Å²) in [5, 5.41) is 25.2. The molecule has 7 nitrogen and oxygen atoms in total. The van der Waals surface area contributed by atoms with Crippen LogP contribution < -0.4 is 5.01 Å². The molecule has 0 aliphatic carbocycles. The summed E-state index contributed by atoms with van der Waals surface area (Å²) in [7, 11) is 0. The topological polar surface area (TPSA) is 77.1 Å². The summed E-state index contributed by atoms with van der Waals surface area (Å²) in [6.07, 6.45) is 0. The molecule has 0 fully saturated rings. The molecule has 1 aromatic heterocycles. The normalized spacial score (nSPS) is 19.1. The first-order valence-electron chi connectivity index (χ1n) is 6.25. The van der Waals surface area contributed by atoms with Crippen LogP contribution in [0.5, 0.6) is 0 Å². The van der Waals surface area contributed by atoms with Gasteiger partial charge in [-0.25, -0.2) is 4.68 Å². The van der Waals surface area contributed by atoms with Crippen LogP contribution in [0.1, 0.15) is 16.8 Å². The second-order valence-electron chi connectivity index (χ2n) is 4.70. The second-order valence-corrected chi connectivity index (χ2v) is 7.05. The highest BCUT2D eigenvalue weighted by Gasteiger charge is 2.39. The number of benzene rings is 1. The van der Waals surface area contributed by atoms with E-state index in [1.807, 2.05) is 28.1 Å². The Bertz CT molecular complexity index is 837. The molecule has 0 radical (unpaired) electrons. The first kappa shape index (κ1) is 13.9. The van der Waals surface area contributed by atoms with E-state index in [2.05, 4.69) is 10.2 Å². The van der Waals surface area contributed by atoms with Crippen LogP contribution in [-0.2, 0) is 0 Å². The third-order valence-corrected chi connectivity index (χ3v) is 5.89. The van der Waals surface area contributed by atoms with Crippen LogP contribution in [0.15, 0.2) is 33.8 Å². The zero-order chi connectivity index (χ0) is 15.4. The monoisotopic (exact) mass is 353 g/mol. The van der Waals surface area contributed by atoms with Crippen LogP contribution >= 0.6 is 35.1 Å². The molecular weight excluding hydrogens is 346 g/mol. The molecule has 112 valence electrons. The minimum Gasteiger partial charge on any atom is -0.258 e. The Morgan fingerprint density at radius 1 is 1.41 bits per heavy atom. The van der Waals surface area contributed by atoms with Gasteiger partial charge in [-0.1, -0.05) is 29.4 Å². The standard InChI is InChI=1S/C12H8ClN5O2S2/c1-6-14-15-12-16(6)17-10(22-12)5-21-11(17)7-2-3-8(13)9(4-7)18(19)20/h2-5,11H,1H3/t11-/m1/s1. The summed E-state index contributed by atoms with van der Waals surface area (Å²) < 4.78 is 1.93. The van der Waals surface area contributed by atoms with Crippen LogP contribution in [0.3, 0.4) is 0 Å². The number of halogens is 1. The van der Waals surface area contributed by atoms with Crippen molar-refractivity contribution in [2.24, 2.45) is 0 Å². The van der Waals surface area contributed by atoms with Crippen molar-refractivity contribution >= 4 is 40.8 Å². The number of fused-ring (bicyclic) bond motifs is 3. The minimum atomic E-state index is -0.464. The zero-order valence-corrected chi connectivity index (χ0v) is 13.5. The van der Waals surface area contributed by atoms with Crippen LogP contribution in [0.2, 0.25) is 5.02 Å². The van der Waals surface area contributed by atoms with Crippen molar-refractivity contribution in [2.75, 3.05) is 5.01 Å². The smallest absolute Gasteiger partial charge is 0.258 e. The lowest BCUT2D eigenvalue weighted by Gasteiger charge is -2.25. The Balaban J connectivity index is 1.78. The van der Waals surface area contributed by atoms with Crippen molar-refractivity contribution in [1.29, 1.82) is 0 Å². The Labute approximate surface area is 138 Å². The van der Waals surface area contributed by atoms with Crippen molar-refractivity contribution < 1.29 is 4.92 Å². The number of aryl methyl sites for hydroxylation is 1. The van der Waals surface area contributed by atoms with Gasteiger partial charge in [0.15, 0.2) is 5.82 Å². The number of hydrogen-bond donors (Lipinski definition) is 0. The lowest BCUT2D eigenvalue weighted by Crippen LogP contribution is -2.30. The molecule has 0 saturated carbocycles. The van der Waals surface area contributed by atoms with Crippen molar-refractivity contribution in [2.45, 2.75) is 17.5 Å². The largest absolute Gasteiger partial charge is 0.288 e. The third-order valence-electron chi connectivity index (χ3n) is 3.38. The number of thioether (sulfide) groups is 2. The minimum absolute atomic E-state index is 0.0826. The summed E-state index contributed by atoms with van der Waals surface area (Å²) in [6.45, 7) is 1.88. The maximum absolute atomic E-state index is 11.1. The van der Waals surface area contributed by atoms with E-state index in [1.165, 1.54) is 17.8 Å². The van der Waals surface area contributed by atoms with E-state index in [0.29, 0.717) is 0 Å².